The molecule has 0 bridgehead atoms. The number of esters is 1. The molecule has 0 saturated heterocycles. The molecule has 1 heterocycles. The van der Waals surface area contributed by atoms with Crippen molar-refractivity contribution >= 4 is 5.97 Å². The summed E-state index contributed by atoms with van der Waals surface area (Å²) in [6.45, 7) is 2.64. The van der Waals surface area contributed by atoms with E-state index in [-0.39, 0.29) is 5.76 Å². The molecule has 2 rings (SSSR count). The highest BCUT2D eigenvalue weighted by Crippen LogP contribution is 2.19. The molecule has 0 aliphatic heterocycles. The summed E-state index contributed by atoms with van der Waals surface area (Å²) in [5, 5.41) is 3.54. The molecule has 1 aliphatic carbocycles. The van der Waals surface area contributed by atoms with Crippen molar-refractivity contribution in [2.45, 2.75) is 51.6 Å². The highest BCUT2D eigenvalue weighted by atomic mass is 16.5. The van der Waals surface area contributed by atoms with Gasteiger partial charge in [-0.1, -0.05) is 19.3 Å². The second-order valence-electron chi connectivity index (χ2n) is 4.90. The van der Waals surface area contributed by atoms with Crippen molar-refractivity contribution in [2.75, 3.05) is 7.11 Å². The summed E-state index contributed by atoms with van der Waals surface area (Å²) in [4.78, 5) is 11.3. The quantitative estimate of drug-likeness (QED) is 0.836. The predicted molar refractivity (Wildman–Crippen MR) is 68.5 cm³/mol. The van der Waals surface area contributed by atoms with Crippen LogP contribution in [0.1, 0.15) is 54.0 Å². The third-order valence-electron chi connectivity index (χ3n) is 3.59. The van der Waals surface area contributed by atoms with E-state index in [4.69, 9.17) is 4.42 Å². The molecule has 1 saturated carbocycles. The number of carbonyl (C=O) groups is 1. The first-order chi connectivity index (χ1) is 8.70. The van der Waals surface area contributed by atoms with Crippen LogP contribution in [0.3, 0.4) is 0 Å². The lowest BCUT2D eigenvalue weighted by molar-refractivity contribution is 0.0563. The Morgan fingerprint density at radius 3 is 2.83 bits per heavy atom. The van der Waals surface area contributed by atoms with Crippen LogP contribution in [0.4, 0.5) is 0 Å². The van der Waals surface area contributed by atoms with Crippen molar-refractivity contribution in [3.8, 4) is 0 Å². The van der Waals surface area contributed by atoms with Crippen LogP contribution in [0, 0.1) is 6.92 Å². The zero-order valence-corrected chi connectivity index (χ0v) is 11.1. The number of ether oxygens (including phenoxy) is 1. The first-order valence-electron chi connectivity index (χ1n) is 6.61. The summed E-state index contributed by atoms with van der Waals surface area (Å²) in [5.74, 6) is 0.663. The molecule has 1 aromatic rings. The molecular formula is C14H21NO3. The molecule has 0 radical (unpaired) electrons. The molecule has 0 spiro atoms. The number of carbonyl (C=O) groups excluding carboxylic acids is 1. The van der Waals surface area contributed by atoms with E-state index < -0.39 is 5.97 Å². The molecule has 1 aromatic heterocycles. The van der Waals surface area contributed by atoms with E-state index in [9.17, 15) is 4.79 Å². The lowest BCUT2D eigenvalue weighted by atomic mass is 9.95. The molecule has 4 nitrogen and oxygen atoms in total. The van der Waals surface area contributed by atoms with Crippen LogP contribution in [-0.2, 0) is 11.3 Å². The van der Waals surface area contributed by atoms with E-state index >= 15 is 0 Å². The monoisotopic (exact) mass is 251 g/mol. The Kier molecular flexibility index (Phi) is 4.42. The van der Waals surface area contributed by atoms with Crippen molar-refractivity contribution in [1.29, 1.82) is 0 Å². The molecule has 18 heavy (non-hydrogen) atoms. The van der Waals surface area contributed by atoms with Gasteiger partial charge >= 0.3 is 5.97 Å². The van der Waals surface area contributed by atoms with Gasteiger partial charge in [-0.25, -0.2) is 4.79 Å². The third-order valence-corrected chi connectivity index (χ3v) is 3.59. The Labute approximate surface area is 108 Å². The van der Waals surface area contributed by atoms with Gasteiger partial charge in [0.05, 0.1) is 7.11 Å². The van der Waals surface area contributed by atoms with E-state index in [1.165, 1.54) is 39.2 Å². The number of methoxy groups -OCH3 is 1. The Morgan fingerprint density at radius 1 is 1.44 bits per heavy atom. The Bertz CT molecular complexity index is 405. The molecule has 0 atom stereocenters. The summed E-state index contributed by atoms with van der Waals surface area (Å²) in [6, 6.07) is 2.38. The molecular weight excluding hydrogens is 230 g/mol. The van der Waals surface area contributed by atoms with E-state index in [0.717, 1.165) is 17.9 Å². The molecule has 0 unspecified atom stereocenters. The summed E-state index contributed by atoms with van der Waals surface area (Å²) in [5.41, 5.74) is 1.04. The van der Waals surface area contributed by atoms with Crippen LogP contribution >= 0.6 is 0 Å². The van der Waals surface area contributed by atoms with Crippen molar-refractivity contribution < 1.29 is 13.9 Å². The number of hydrogen-bond donors (Lipinski definition) is 1. The van der Waals surface area contributed by atoms with Crippen molar-refractivity contribution in [3.63, 3.8) is 0 Å². The standard InChI is InChI=1S/C14H21NO3/c1-10-11(8-13(18-10)14(16)17-2)9-15-12-6-4-3-5-7-12/h8,12,15H,3-7,9H2,1-2H3. The maximum Gasteiger partial charge on any atom is 0.373 e. The van der Waals surface area contributed by atoms with E-state index in [2.05, 4.69) is 10.1 Å². The van der Waals surface area contributed by atoms with Crippen LogP contribution in [-0.4, -0.2) is 19.1 Å². The second-order valence-corrected chi connectivity index (χ2v) is 4.90. The van der Waals surface area contributed by atoms with Crippen molar-refractivity contribution in [1.82, 2.24) is 5.32 Å². The van der Waals surface area contributed by atoms with E-state index in [1.54, 1.807) is 6.07 Å². The molecule has 4 heteroatoms. The fourth-order valence-corrected chi connectivity index (χ4v) is 2.46. The van der Waals surface area contributed by atoms with Crippen LogP contribution in [0.15, 0.2) is 10.5 Å². The summed E-state index contributed by atoms with van der Waals surface area (Å²) in [7, 11) is 1.36. The highest BCUT2D eigenvalue weighted by Gasteiger charge is 2.17. The zero-order valence-electron chi connectivity index (χ0n) is 11.1. The smallest absolute Gasteiger partial charge is 0.373 e. The average Bonchev–Trinajstić information content (AvgIpc) is 2.78. The SMILES string of the molecule is COC(=O)c1cc(CNC2CCCCC2)c(C)o1. The van der Waals surface area contributed by atoms with Crippen molar-refractivity contribution in [2.24, 2.45) is 0 Å². The zero-order chi connectivity index (χ0) is 13.0. The summed E-state index contributed by atoms with van der Waals surface area (Å²) in [6.07, 6.45) is 6.49. The lowest BCUT2D eigenvalue weighted by Crippen LogP contribution is -2.30. The van der Waals surface area contributed by atoms with Crippen LogP contribution in [0.2, 0.25) is 0 Å². The second kappa shape index (κ2) is 6.05. The predicted octanol–water partition coefficient (Wildman–Crippen LogP) is 2.80. The average molecular weight is 251 g/mol. The minimum absolute atomic E-state index is 0.287. The fraction of sp³-hybridized carbons (Fsp3) is 0.643. The maximum atomic E-state index is 11.3. The molecule has 1 N–H and O–H groups in total. The number of aryl methyl sites for hydroxylation is 1. The van der Waals surface area contributed by atoms with Gasteiger partial charge in [-0.05, 0) is 25.8 Å². The first kappa shape index (κ1) is 13.1. The van der Waals surface area contributed by atoms with Crippen molar-refractivity contribution in [3.05, 3.63) is 23.2 Å². The van der Waals surface area contributed by atoms with E-state index in [0.29, 0.717) is 6.04 Å². The minimum atomic E-state index is -0.415. The van der Waals surface area contributed by atoms with Gasteiger partial charge in [0.1, 0.15) is 5.76 Å². The van der Waals surface area contributed by atoms with Gasteiger partial charge < -0.3 is 14.5 Å². The molecule has 1 fully saturated rings. The molecule has 1 aliphatic rings. The highest BCUT2D eigenvalue weighted by molar-refractivity contribution is 5.86. The number of rotatable bonds is 4. The Morgan fingerprint density at radius 2 is 2.17 bits per heavy atom. The third kappa shape index (κ3) is 3.13. The van der Waals surface area contributed by atoms with Gasteiger partial charge in [0.25, 0.3) is 0 Å². The maximum absolute atomic E-state index is 11.3. The van der Waals surface area contributed by atoms with E-state index in [1.807, 2.05) is 6.92 Å². The van der Waals surface area contributed by atoms with Gasteiger partial charge in [0, 0.05) is 18.2 Å². The number of nitrogens with one attached hydrogen (secondary N) is 1. The number of furan rings is 1. The Balaban J connectivity index is 1.92. The van der Waals surface area contributed by atoms with Gasteiger partial charge in [-0.3, -0.25) is 0 Å². The van der Waals surface area contributed by atoms with Gasteiger partial charge in [-0.2, -0.15) is 0 Å². The van der Waals surface area contributed by atoms with Crippen LogP contribution in [0.25, 0.3) is 0 Å². The summed E-state index contributed by atoms with van der Waals surface area (Å²) < 4.78 is 10.0. The normalized spacial score (nSPS) is 16.8. The number of hydrogen-bond acceptors (Lipinski definition) is 4. The topological polar surface area (TPSA) is 51.5 Å². The van der Waals surface area contributed by atoms with Gasteiger partial charge in [0.15, 0.2) is 0 Å². The first-order valence-corrected chi connectivity index (χ1v) is 6.61. The van der Waals surface area contributed by atoms with Gasteiger partial charge in [-0.15, -0.1) is 0 Å². The van der Waals surface area contributed by atoms with Gasteiger partial charge in [0.2, 0.25) is 5.76 Å². The van der Waals surface area contributed by atoms with Crippen LogP contribution in [0.5, 0.6) is 0 Å². The minimum Gasteiger partial charge on any atom is -0.463 e. The fourth-order valence-electron chi connectivity index (χ4n) is 2.46. The molecule has 0 amide bonds. The molecule has 0 aromatic carbocycles. The van der Waals surface area contributed by atoms with Crippen LogP contribution < -0.4 is 5.32 Å². The Hall–Kier alpha value is -1.29. The lowest BCUT2D eigenvalue weighted by Gasteiger charge is -2.22. The molecule has 100 valence electrons. The summed E-state index contributed by atoms with van der Waals surface area (Å²) >= 11 is 0. The largest absolute Gasteiger partial charge is 0.463 e.